The summed E-state index contributed by atoms with van der Waals surface area (Å²) in [6.07, 6.45) is 1.24. The number of hydrogen-bond acceptors (Lipinski definition) is 3. The third-order valence-electron chi connectivity index (χ3n) is 3.23. The Morgan fingerprint density at radius 3 is 1.64 bits per heavy atom. The molecule has 0 aromatic rings. The van der Waals surface area contributed by atoms with Crippen molar-refractivity contribution < 1.29 is 0 Å². The van der Waals surface area contributed by atoms with E-state index in [4.69, 9.17) is 0 Å². The molecule has 1 saturated heterocycles. The minimum atomic E-state index is 0.660. The van der Waals surface area contributed by atoms with Gasteiger partial charge in [0.25, 0.3) is 22.1 Å². The molecule has 1 fully saturated rings. The van der Waals surface area contributed by atoms with E-state index < -0.39 is 0 Å². The minimum absolute atomic E-state index is 0.660. The van der Waals surface area contributed by atoms with E-state index >= 15 is 0 Å². The van der Waals surface area contributed by atoms with E-state index in [1.807, 2.05) is 0 Å². The molecule has 0 unspecified atom stereocenters. The average Bonchev–Trinajstić information content (AvgIpc) is 2.26. The molecule has 1 heterocycles. The lowest BCUT2D eigenvalue weighted by molar-refractivity contribution is 0.485. The summed E-state index contributed by atoms with van der Waals surface area (Å²) in [4.78, 5) is 0. The van der Waals surface area contributed by atoms with Crippen LogP contribution in [0.15, 0.2) is 0 Å². The molecule has 3 nitrogen and oxygen atoms in total. The molecular weight excluding hydrogens is 171 g/mol. The smallest absolute Gasteiger partial charge is 0.289 e. The summed E-state index contributed by atoms with van der Waals surface area (Å²) in [6.45, 7) is 13.2. The van der Waals surface area contributed by atoms with E-state index in [9.17, 15) is 0 Å². The summed E-state index contributed by atoms with van der Waals surface area (Å²) in [6, 6.07) is 0. The molecule has 0 spiro atoms. The zero-order valence-corrected chi connectivity index (χ0v) is 10.2. The predicted molar refractivity (Wildman–Crippen MR) is 67.7 cm³/mol. The van der Waals surface area contributed by atoms with Crippen molar-refractivity contribution in [3.8, 4) is 0 Å². The van der Waals surface area contributed by atoms with Gasteiger partial charge < -0.3 is 14.2 Å². The molecule has 0 amide bonds. The van der Waals surface area contributed by atoms with Gasteiger partial charge in [-0.25, -0.2) is 0 Å². The molecule has 14 heavy (non-hydrogen) atoms. The van der Waals surface area contributed by atoms with Crippen molar-refractivity contribution in [2.24, 2.45) is 0 Å². The average molecular weight is 193 g/mol. The van der Waals surface area contributed by atoms with E-state index in [1.165, 1.54) is 6.32 Å². The Hall–Kier alpha value is 0.0748. The molecule has 0 atom stereocenters. The Bertz CT molecular complexity index is 156. The van der Waals surface area contributed by atoms with E-state index in [0.717, 1.165) is 34.7 Å². The molecule has 0 aromatic carbocycles. The fourth-order valence-corrected chi connectivity index (χ4v) is 2.32. The summed E-state index contributed by atoms with van der Waals surface area (Å²) >= 11 is 0. The Kier molecular flexibility index (Phi) is 5.06. The van der Waals surface area contributed by atoms with Crippen molar-refractivity contribution in [3.63, 3.8) is 0 Å². The zero-order valence-electron chi connectivity index (χ0n) is 10.2. The maximum Gasteiger partial charge on any atom is 0.289 e. The van der Waals surface area contributed by atoms with Gasteiger partial charge in [-0.2, -0.15) is 0 Å². The molecule has 0 N–H and O–H groups in total. The van der Waals surface area contributed by atoms with Crippen LogP contribution in [-0.2, 0) is 0 Å². The highest BCUT2D eigenvalue weighted by molar-refractivity contribution is 6.74. The maximum absolute atomic E-state index is 2.57. The molecule has 6 heteroatoms. The van der Waals surface area contributed by atoms with Crippen molar-refractivity contribution >= 4 is 22.1 Å². The Morgan fingerprint density at radius 1 is 0.857 bits per heavy atom. The first-order valence-corrected chi connectivity index (χ1v) is 5.97. The molecule has 0 bridgehead atoms. The molecule has 0 aliphatic carbocycles. The lowest BCUT2D eigenvalue weighted by atomic mass is 9.56. The van der Waals surface area contributed by atoms with E-state index in [2.05, 4.69) is 41.9 Å². The third-order valence-corrected chi connectivity index (χ3v) is 3.23. The number of nitrogens with zero attached hydrogens (tertiary/aromatic N) is 3. The first-order chi connectivity index (χ1) is 6.76. The maximum atomic E-state index is 2.57. The third kappa shape index (κ3) is 2.56. The summed E-state index contributed by atoms with van der Waals surface area (Å²) < 4.78 is 7.63. The van der Waals surface area contributed by atoms with Gasteiger partial charge in [0.05, 0.1) is 0 Å². The van der Waals surface area contributed by atoms with Crippen LogP contribution in [0.4, 0.5) is 0 Å². The standard InChI is InChI=1S/C8H22B3N3/c1-5-11-13(7-3)9-12(6-2)10-14(11)8-4/h9-10H,5-8H2,1-4H3. The van der Waals surface area contributed by atoms with Crippen LogP contribution in [0.3, 0.4) is 0 Å². The van der Waals surface area contributed by atoms with Crippen molar-refractivity contribution in [2.45, 2.75) is 34.0 Å². The van der Waals surface area contributed by atoms with E-state index in [0.29, 0.717) is 6.98 Å². The fraction of sp³-hybridized carbons (Fsp3) is 1.00. The predicted octanol–water partition coefficient (Wildman–Crippen LogP) is 0.00680. The summed E-state index contributed by atoms with van der Waals surface area (Å²) in [5.41, 5.74) is 0. The molecule has 1 aliphatic rings. The lowest BCUT2D eigenvalue weighted by Crippen LogP contribution is -2.67. The van der Waals surface area contributed by atoms with Crippen LogP contribution in [0.5, 0.6) is 0 Å². The van der Waals surface area contributed by atoms with Gasteiger partial charge in [-0.3, -0.25) is 0 Å². The number of hydrogen-bond donors (Lipinski definition) is 0. The second kappa shape index (κ2) is 5.84. The Morgan fingerprint density at radius 2 is 1.36 bits per heavy atom. The summed E-state index contributed by atoms with van der Waals surface area (Å²) in [7, 11) is 2.28. The largest absolute Gasteiger partial charge is 0.363 e. The summed E-state index contributed by atoms with van der Waals surface area (Å²) in [5, 5.41) is 0. The van der Waals surface area contributed by atoms with Gasteiger partial charge in [0.15, 0.2) is 0 Å². The van der Waals surface area contributed by atoms with Gasteiger partial charge in [-0.05, 0) is 26.0 Å². The minimum Gasteiger partial charge on any atom is -0.363 e. The second-order valence-electron chi connectivity index (χ2n) is 3.97. The molecule has 0 saturated carbocycles. The molecule has 0 radical (unpaired) electrons. The summed E-state index contributed by atoms with van der Waals surface area (Å²) in [5.74, 6) is 0. The quantitative estimate of drug-likeness (QED) is 0.581. The van der Waals surface area contributed by atoms with Crippen molar-refractivity contribution in [2.75, 3.05) is 19.6 Å². The highest BCUT2D eigenvalue weighted by Gasteiger charge is 2.34. The molecule has 1 rings (SSSR count). The monoisotopic (exact) mass is 193 g/mol. The van der Waals surface area contributed by atoms with Crippen LogP contribution in [0.25, 0.3) is 0 Å². The zero-order chi connectivity index (χ0) is 10.6. The first kappa shape index (κ1) is 12.1. The van der Waals surface area contributed by atoms with Gasteiger partial charge in [0.2, 0.25) is 0 Å². The molecule has 78 valence electrons. The van der Waals surface area contributed by atoms with Crippen molar-refractivity contribution in [1.29, 1.82) is 0 Å². The lowest BCUT2D eigenvalue weighted by Gasteiger charge is -2.44. The SMILES string of the molecule is CCB1N(CC)BN(CC)BN1CC. The van der Waals surface area contributed by atoms with Crippen LogP contribution >= 0.6 is 0 Å². The second-order valence-corrected chi connectivity index (χ2v) is 3.97. The molecule has 1 aliphatic heterocycles. The van der Waals surface area contributed by atoms with Gasteiger partial charge >= 0.3 is 0 Å². The van der Waals surface area contributed by atoms with Crippen molar-refractivity contribution in [1.82, 2.24) is 14.2 Å². The number of rotatable bonds is 4. The van der Waals surface area contributed by atoms with Crippen LogP contribution in [0.2, 0.25) is 6.32 Å². The highest BCUT2D eigenvalue weighted by Crippen LogP contribution is 2.11. The van der Waals surface area contributed by atoms with Crippen LogP contribution in [0.1, 0.15) is 27.7 Å². The van der Waals surface area contributed by atoms with Crippen LogP contribution < -0.4 is 0 Å². The topological polar surface area (TPSA) is 9.72 Å². The van der Waals surface area contributed by atoms with Crippen LogP contribution in [-0.4, -0.2) is 55.9 Å². The van der Waals surface area contributed by atoms with Crippen LogP contribution in [0, 0.1) is 0 Å². The normalized spacial score (nSPS) is 20.7. The van der Waals surface area contributed by atoms with Gasteiger partial charge in [0, 0.05) is 0 Å². The highest BCUT2D eigenvalue weighted by atomic mass is 15.3. The molecular formula is C8H22B3N3. The Labute approximate surface area is 90.5 Å². The van der Waals surface area contributed by atoms with Crippen molar-refractivity contribution in [3.05, 3.63) is 0 Å². The van der Waals surface area contributed by atoms with Gasteiger partial charge in [0.1, 0.15) is 0 Å². The Balaban J connectivity index is 2.63. The van der Waals surface area contributed by atoms with Gasteiger partial charge in [-0.15, -0.1) is 0 Å². The fourth-order valence-electron chi connectivity index (χ4n) is 2.32. The molecule has 0 aromatic heterocycles. The first-order valence-electron chi connectivity index (χ1n) is 5.97. The van der Waals surface area contributed by atoms with Gasteiger partial charge in [-0.1, -0.05) is 27.7 Å². The van der Waals surface area contributed by atoms with E-state index in [1.54, 1.807) is 0 Å². The van der Waals surface area contributed by atoms with E-state index in [-0.39, 0.29) is 0 Å².